The summed E-state index contributed by atoms with van der Waals surface area (Å²) >= 11 is 0. The van der Waals surface area contributed by atoms with E-state index in [1.807, 2.05) is 24.4 Å². The van der Waals surface area contributed by atoms with Gasteiger partial charge in [-0.25, -0.2) is 0 Å². The van der Waals surface area contributed by atoms with Crippen LogP contribution in [0.4, 0.5) is 5.69 Å². The lowest BCUT2D eigenvalue weighted by Crippen LogP contribution is -2.46. The van der Waals surface area contributed by atoms with Gasteiger partial charge in [0.05, 0.1) is 6.61 Å². The van der Waals surface area contributed by atoms with E-state index in [4.69, 9.17) is 0 Å². The van der Waals surface area contributed by atoms with Crippen molar-refractivity contribution in [3.8, 4) is 22.3 Å². The van der Waals surface area contributed by atoms with Crippen LogP contribution in [-0.2, 0) is 13.2 Å². The molecule has 3 N–H and O–H groups in total. The molecule has 2 aromatic heterocycles. The fourth-order valence-corrected chi connectivity index (χ4v) is 6.12. The number of aliphatic hydroxyl groups excluding tert-OH is 1. The Hall–Kier alpha value is -4.32. The highest BCUT2D eigenvalue weighted by atomic mass is 16.3. The van der Waals surface area contributed by atoms with Crippen molar-refractivity contribution in [2.24, 2.45) is 0 Å². The zero-order valence-corrected chi connectivity index (χ0v) is 21.9. The molecule has 0 bridgehead atoms. The molecule has 0 amide bonds. The average molecular weight is 513 g/mol. The maximum absolute atomic E-state index is 9.80. The molecule has 0 atom stereocenters. The topological polar surface area (TPSA) is 58.3 Å². The number of aliphatic hydroxyl groups is 1. The van der Waals surface area contributed by atoms with Gasteiger partial charge in [0.2, 0.25) is 0 Å². The monoisotopic (exact) mass is 512 g/mol. The fraction of sp³-hybridized carbons (Fsp3) is 0.176. The second-order valence-corrected chi connectivity index (χ2v) is 10.4. The van der Waals surface area contributed by atoms with Crippen molar-refractivity contribution in [1.29, 1.82) is 0 Å². The smallest absolute Gasteiger partial charge is 0.0687 e. The summed E-state index contributed by atoms with van der Waals surface area (Å²) in [5, 5.41) is 12.4. The van der Waals surface area contributed by atoms with Gasteiger partial charge >= 0.3 is 0 Å². The first-order valence-electron chi connectivity index (χ1n) is 13.7. The molecule has 0 spiro atoms. The van der Waals surface area contributed by atoms with Crippen molar-refractivity contribution in [2.75, 3.05) is 31.1 Å². The van der Waals surface area contributed by atoms with Crippen molar-refractivity contribution >= 4 is 27.5 Å². The predicted octanol–water partition coefficient (Wildman–Crippen LogP) is 6.80. The van der Waals surface area contributed by atoms with Gasteiger partial charge < -0.3 is 20.0 Å². The maximum Gasteiger partial charge on any atom is 0.0687 e. The Balaban J connectivity index is 1.15. The molecule has 1 aliphatic rings. The Morgan fingerprint density at radius 1 is 0.667 bits per heavy atom. The minimum absolute atomic E-state index is 0.0398. The van der Waals surface area contributed by atoms with E-state index in [0.29, 0.717) is 0 Å². The summed E-state index contributed by atoms with van der Waals surface area (Å²) < 4.78 is 0. The third-order valence-electron chi connectivity index (χ3n) is 8.12. The van der Waals surface area contributed by atoms with E-state index in [1.54, 1.807) is 0 Å². The number of aromatic amines is 2. The van der Waals surface area contributed by atoms with E-state index in [-0.39, 0.29) is 6.61 Å². The summed E-state index contributed by atoms with van der Waals surface area (Å²) in [6.07, 6.45) is 2.03. The maximum atomic E-state index is 9.80. The number of aromatic nitrogens is 2. The highest BCUT2D eigenvalue weighted by molar-refractivity contribution is 5.98. The molecular weight excluding hydrogens is 480 g/mol. The van der Waals surface area contributed by atoms with Gasteiger partial charge in [0, 0.05) is 77.7 Å². The van der Waals surface area contributed by atoms with E-state index >= 15 is 0 Å². The highest BCUT2D eigenvalue weighted by Crippen LogP contribution is 2.35. The summed E-state index contributed by atoms with van der Waals surface area (Å²) in [6.45, 7) is 5.00. The Bertz CT molecular complexity index is 1740. The molecule has 7 rings (SSSR count). The highest BCUT2D eigenvalue weighted by Gasteiger charge is 2.22. The number of anilines is 1. The first-order chi connectivity index (χ1) is 19.3. The third-order valence-corrected chi connectivity index (χ3v) is 8.12. The number of rotatable bonds is 6. The largest absolute Gasteiger partial charge is 0.392 e. The molecule has 5 heteroatoms. The van der Waals surface area contributed by atoms with Gasteiger partial charge in [0.25, 0.3) is 0 Å². The molecule has 0 unspecified atom stereocenters. The van der Waals surface area contributed by atoms with Crippen LogP contribution in [0, 0.1) is 0 Å². The van der Waals surface area contributed by atoms with Gasteiger partial charge in [-0.1, -0.05) is 72.8 Å². The summed E-state index contributed by atoms with van der Waals surface area (Å²) in [6, 6.07) is 34.2. The number of hydrogen-bond acceptors (Lipinski definition) is 3. The lowest BCUT2D eigenvalue weighted by Gasteiger charge is -2.36. The zero-order chi connectivity index (χ0) is 26.2. The van der Waals surface area contributed by atoms with Crippen LogP contribution in [0.3, 0.4) is 0 Å². The zero-order valence-electron chi connectivity index (χ0n) is 21.9. The van der Waals surface area contributed by atoms with Crippen molar-refractivity contribution in [2.45, 2.75) is 13.2 Å². The van der Waals surface area contributed by atoms with Gasteiger partial charge in [0.1, 0.15) is 0 Å². The number of hydrogen-bond donors (Lipinski definition) is 3. The number of nitrogens with zero attached hydrogens (tertiary/aromatic N) is 2. The number of benzene rings is 4. The Morgan fingerprint density at radius 2 is 1.41 bits per heavy atom. The van der Waals surface area contributed by atoms with Gasteiger partial charge in [0.15, 0.2) is 0 Å². The molecule has 6 aromatic rings. The Kier molecular flexibility index (Phi) is 6.16. The number of nitrogens with one attached hydrogen (secondary N) is 2. The number of piperazine rings is 1. The van der Waals surface area contributed by atoms with Crippen molar-refractivity contribution in [3.05, 3.63) is 115 Å². The second kappa shape index (κ2) is 10.1. The lowest BCUT2D eigenvalue weighted by molar-refractivity contribution is 0.248. The molecule has 0 radical (unpaired) electrons. The van der Waals surface area contributed by atoms with Gasteiger partial charge in [-0.15, -0.1) is 0 Å². The molecule has 5 nitrogen and oxygen atoms in total. The minimum atomic E-state index is 0.0398. The Labute approximate surface area is 228 Å². The van der Waals surface area contributed by atoms with Crippen LogP contribution in [0.25, 0.3) is 44.1 Å². The molecule has 39 heavy (non-hydrogen) atoms. The second-order valence-electron chi connectivity index (χ2n) is 10.4. The normalized spacial score (nSPS) is 14.4. The van der Waals surface area contributed by atoms with Crippen molar-refractivity contribution in [3.63, 3.8) is 0 Å². The van der Waals surface area contributed by atoms with Crippen LogP contribution in [0.1, 0.15) is 11.3 Å². The van der Waals surface area contributed by atoms with Gasteiger partial charge in [-0.2, -0.15) is 0 Å². The van der Waals surface area contributed by atoms with Gasteiger partial charge in [-0.05, 0) is 46.5 Å². The van der Waals surface area contributed by atoms with Crippen molar-refractivity contribution < 1.29 is 5.11 Å². The van der Waals surface area contributed by atoms with Crippen LogP contribution >= 0.6 is 0 Å². The van der Waals surface area contributed by atoms with E-state index in [2.05, 4.69) is 98.6 Å². The quantitative estimate of drug-likeness (QED) is 0.230. The molecular formula is C34H32N4O. The summed E-state index contributed by atoms with van der Waals surface area (Å²) in [7, 11) is 0. The molecule has 1 saturated heterocycles. The SMILES string of the molecule is OCc1ccccc1-c1ccc(-c2c(CN3CCN(c4cccc5[nH]ccc45)CC3)[nH]c3ccccc23)cc1. The van der Waals surface area contributed by atoms with Crippen LogP contribution in [0.15, 0.2) is 103 Å². The average Bonchev–Trinajstić information content (AvgIpc) is 3.62. The minimum Gasteiger partial charge on any atom is -0.392 e. The van der Waals surface area contributed by atoms with E-state index in [1.165, 1.54) is 44.3 Å². The standard InChI is InChI=1S/C34H32N4O/c39-23-26-6-1-2-7-27(26)24-12-14-25(15-13-24)34-29-8-3-4-9-31(29)36-32(34)22-37-18-20-38(21-19-37)33-11-5-10-30-28(33)16-17-35-30/h1-17,35-36,39H,18-23H2. The predicted molar refractivity (Wildman–Crippen MR) is 161 cm³/mol. The first kappa shape index (κ1) is 23.8. The summed E-state index contributed by atoms with van der Waals surface area (Å²) in [5.74, 6) is 0. The molecule has 4 aromatic carbocycles. The van der Waals surface area contributed by atoms with E-state index < -0.39 is 0 Å². The van der Waals surface area contributed by atoms with Crippen LogP contribution in [-0.4, -0.2) is 46.2 Å². The number of para-hydroxylation sites is 1. The summed E-state index contributed by atoms with van der Waals surface area (Å²) in [5.41, 5.74) is 10.6. The van der Waals surface area contributed by atoms with Crippen LogP contribution in [0.2, 0.25) is 0 Å². The fourth-order valence-electron chi connectivity index (χ4n) is 6.12. The van der Waals surface area contributed by atoms with Crippen molar-refractivity contribution in [1.82, 2.24) is 14.9 Å². The van der Waals surface area contributed by atoms with Crippen LogP contribution < -0.4 is 4.90 Å². The molecule has 0 aliphatic carbocycles. The number of fused-ring (bicyclic) bond motifs is 2. The molecule has 1 fully saturated rings. The van der Waals surface area contributed by atoms with E-state index in [0.717, 1.165) is 49.4 Å². The molecule has 3 heterocycles. The Morgan fingerprint density at radius 3 is 2.26 bits per heavy atom. The molecule has 0 saturated carbocycles. The molecule has 1 aliphatic heterocycles. The van der Waals surface area contributed by atoms with Crippen LogP contribution in [0.5, 0.6) is 0 Å². The number of H-pyrrole nitrogens is 2. The third kappa shape index (κ3) is 4.40. The lowest BCUT2D eigenvalue weighted by atomic mass is 9.96. The van der Waals surface area contributed by atoms with Gasteiger partial charge in [-0.3, -0.25) is 4.90 Å². The molecule has 194 valence electrons. The van der Waals surface area contributed by atoms with E-state index in [9.17, 15) is 5.11 Å². The first-order valence-corrected chi connectivity index (χ1v) is 13.7. The summed E-state index contributed by atoms with van der Waals surface area (Å²) in [4.78, 5) is 12.2.